The van der Waals surface area contributed by atoms with Crippen LogP contribution >= 0.6 is 11.6 Å². The van der Waals surface area contributed by atoms with Crippen molar-refractivity contribution in [1.29, 1.82) is 0 Å². The average molecular weight is 331 g/mol. The van der Waals surface area contributed by atoms with Crippen molar-refractivity contribution in [1.82, 2.24) is 4.57 Å². The molecule has 0 bridgehead atoms. The molecule has 1 N–H and O–H groups in total. The molecule has 0 aliphatic heterocycles. The van der Waals surface area contributed by atoms with Crippen molar-refractivity contribution in [2.45, 2.75) is 13.5 Å². The third-order valence-electron chi connectivity index (χ3n) is 3.64. The van der Waals surface area contributed by atoms with Gasteiger partial charge in [-0.3, -0.25) is 0 Å². The molecule has 3 aromatic rings. The van der Waals surface area contributed by atoms with Crippen LogP contribution in [0.2, 0.25) is 5.02 Å². The van der Waals surface area contributed by atoms with Crippen LogP contribution < -0.4 is 4.74 Å². The minimum Gasteiger partial charge on any atom is -0.493 e. The number of rotatable bonds is 5. The molecule has 0 unspecified atom stereocenters. The monoisotopic (exact) mass is 330 g/mol. The molecule has 0 saturated heterocycles. The van der Waals surface area contributed by atoms with Crippen LogP contribution in [0.1, 0.15) is 5.56 Å². The van der Waals surface area contributed by atoms with Gasteiger partial charge in [0.15, 0.2) is 5.69 Å². The predicted molar refractivity (Wildman–Crippen MR) is 90.7 cm³/mol. The molecule has 0 fully saturated rings. The van der Waals surface area contributed by atoms with Gasteiger partial charge in [-0.2, -0.15) is 0 Å². The Morgan fingerprint density at radius 1 is 1.26 bits per heavy atom. The van der Waals surface area contributed by atoms with Crippen molar-refractivity contribution in [3.8, 4) is 11.6 Å². The van der Waals surface area contributed by atoms with Crippen molar-refractivity contribution in [3.63, 3.8) is 0 Å². The van der Waals surface area contributed by atoms with E-state index in [1.165, 1.54) is 0 Å². The zero-order valence-corrected chi connectivity index (χ0v) is 13.2. The molecule has 0 spiro atoms. The predicted octanol–water partition coefficient (Wildman–Crippen LogP) is 4.79. The molecule has 1 aromatic heterocycles. The minimum atomic E-state index is -0.176. The molecule has 0 radical (unpaired) electrons. The number of aryl methyl sites for hydroxylation is 1. The van der Waals surface area contributed by atoms with E-state index in [-0.39, 0.29) is 11.6 Å². The first-order valence-electron chi connectivity index (χ1n) is 7.13. The Kier molecular flexibility index (Phi) is 4.21. The van der Waals surface area contributed by atoms with E-state index in [0.717, 1.165) is 11.3 Å². The van der Waals surface area contributed by atoms with Crippen LogP contribution in [0.15, 0.2) is 47.6 Å². The van der Waals surface area contributed by atoms with Gasteiger partial charge >= 0.3 is 0 Å². The fraction of sp³-hybridized carbons (Fsp3) is 0.176. The second-order valence-corrected chi connectivity index (χ2v) is 5.68. The van der Waals surface area contributed by atoms with Crippen LogP contribution in [0.4, 0.5) is 5.69 Å². The summed E-state index contributed by atoms with van der Waals surface area (Å²) in [5.41, 5.74) is 1.80. The average Bonchev–Trinajstić information content (AvgIpc) is 2.78. The van der Waals surface area contributed by atoms with Gasteiger partial charge in [-0.1, -0.05) is 23.7 Å². The van der Waals surface area contributed by atoms with E-state index in [2.05, 4.69) is 5.18 Å². The Labute approximate surface area is 138 Å². The topological polar surface area (TPSA) is 63.8 Å². The molecule has 0 atom stereocenters. The lowest BCUT2D eigenvalue weighted by Gasteiger charge is -2.09. The van der Waals surface area contributed by atoms with Gasteiger partial charge < -0.3 is 14.4 Å². The summed E-state index contributed by atoms with van der Waals surface area (Å²) in [4.78, 5) is 11.0. The standard InChI is InChI=1S/C17H15ClN2O3/c1-11-3-2-4-13(9-11)23-8-7-20-15-6-5-12(18)10-14(15)16(19-22)17(20)21/h2-6,9-10,21H,7-8H2,1H3. The Morgan fingerprint density at radius 2 is 2.09 bits per heavy atom. The maximum absolute atomic E-state index is 11.0. The summed E-state index contributed by atoms with van der Waals surface area (Å²) in [6, 6.07) is 12.8. The van der Waals surface area contributed by atoms with Crippen LogP contribution in [0.3, 0.4) is 0 Å². The SMILES string of the molecule is Cc1cccc(OCCn2c(O)c(N=O)c3cc(Cl)ccc32)c1. The number of halogens is 1. The summed E-state index contributed by atoms with van der Waals surface area (Å²) in [5, 5.41) is 14.1. The van der Waals surface area contributed by atoms with Crippen LogP contribution in [0.5, 0.6) is 11.6 Å². The van der Waals surface area contributed by atoms with E-state index in [9.17, 15) is 10.0 Å². The number of nitrogens with zero attached hydrogens (tertiary/aromatic N) is 2. The minimum absolute atomic E-state index is 0.00180. The summed E-state index contributed by atoms with van der Waals surface area (Å²) in [5.74, 6) is 0.586. The van der Waals surface area contributed by atoms with Crippen molar-refractivity contribution in [2.75, 3.05) is 6.61 Å². The molecule has 0 amide bonds. The molecule has 3 rings (SSSR count). The van der Waals surface area contributed by atoms with E-state index >= 15 is 0 Å². The molecular formula is C17H15ClN2O3. The molecule has 118 valence electrons. The highest BCUT2D eigenvalue weighted by molar-refractivity contribution is 6.31. The Morgan fingerprint density at radius 3 is 2.83 bits per heavy atom. The van der Waals surface area contributed by atoms with Gasteiger partial charge in [-0.25, -0.2) is 0 Å². The maximum Gasteiger partial charge on any atom is 0.222 e. The number of benzene rings is 2. The van der Waals surface area contributed by atoms with Crippen molar-refractivity contribution in [2.24, 2.45) is 5.18 Å². The second-order valence-electron chi connectivity index (χ2n) is 5.24. The number of aromatic hydroxyl groups is 1. The maximum atomic E-state index is 11.0. The van der Waals surface area contributed by atoms with Gasteiger partial charge in [-0.15, -0.1) is 4.91 Å². The first kappa shape index (κ1) is 15.4. The number of fused-ring (bicyclic) bond motifs is 1. The fourth-order valence-corrected chi connectivity index (χ4v) is 2.74. The molecular weight excluding hydrogens is 316 g/mol. The molecule has 0 aliphatic rings. The summed E-state index contributed by atoms with van der Waals surface area (Å²) in [7, 11) is 0. The van der Waals surface area contributed by atoms with E-state index < -0.39 is 0 Å². The van der Waals surface area contributed by atoms with Crippen molar-refractivity contribution < 1.29 is 9.84 Å². The summed E-state index contributed by atoms with van der Waals surface area (Å²) in [6.45, 7) is 2.72. The lowest BCUT2D eigenvalue weighted by atomic mass is 10.2. The molecule has 0 saturated carbocycles. The molecule has 5 nitrogen and oxygen atoms in total. The number of ether oxygens (including phenoxy) is 1. The molecule has 1 heterocycles. The zero-order chi connectivity index (χ0) is 16.4. The Bertz CT molecular complexity index is 874. The van der Waals surface area contributed by atoms with Crippen LogP contribution in [-0.4, -0.2) is 16.3 Å². The lowest BCUT2D eigenvalue weighted by Crippen LogP contribution is -2.07. The second kappa shape index (κ2) is 6.30. The normalized spacial score (nSPS) is 10.9. The van der Waals surface area contributed by atoms with Crippen LogP contribution in [-0.2, 0) is 6.54 Å². The molecule has 23 heavy (non-hydrogen) atoms. The smallest absolute Gasteiger partial charge is 0.222 e. The summed E-state index contributed by atoms with van der Waals surface area (Å²) < 4.78 is 7.29. The number of nitroso groups, excluding NO2 is 1. The van der Waals surface area contributed by atoms with E-state index in [0.29, 0.717) is 29.1 Å². The highest BCUT2D eigenvalue weighted by atomic mass is 35.5. The fourth-order valence-electron chi connectivity index (χ4n) is 2.57. The third-order valence-corrected chi connectivity index (χ3v) is 3.87. The number of hydrogen-bond acceptors (Lipinski definition) is 4. The number of hydrogen-bond donors (Lipinski definition) is 1. The van der Waals surface area contributed by atoms with E-state index in [1.54, 1.807) is 22.8 Å². The summed E-state index contributed by atoms with van der Waals surface area (Å²) >= 11 is 5.95. The van der Waals surface area contributed by atoms with Crippen molar-refractivity contribution >= 4 is 28.2 Å². The first-order chi connectivity index (χ1) is 11.1. The highest BCUT2D eigenvalue weighted by Crippen LogP contribution is 2.39. The van der Waals surface area contributed by atoms with Crippen LogP contribution in [0.25, 0.3) is 10.9 Å². The van der Waals surface area contributed by atoms with Gasteiger partial charge in [0.05, 0.1) is 12.1 Å². The Balaban J connectivity index is 1.85. The van der Waals surface area contributed by atoms with E-state index in [4.69, 9.17) is 16.3 Å². The molecule has 0 aliphatic carbocycles. The number of aromatic nitrogens is 1. The lowest BCUT2D eigenvalue weighted by molar-refractivity contribution is 0.290. The quantitative estimate of drug-likeness (QED) is 0.684. The van der Waals surface area contributed by atoms with Gasteiger partial charge in [0.2, 0.25) is 5.88 Å². The molecule has 2 aromatic carbocycles. The van der Waals surface area contributed by atoms with E-state index in [1.807, 2.05) is 31.2 Å². The zero-order valence-electron chi connectivity index (χ0n) is 12.5. The largest absolute Gasteiger partial charge is 0.493 e. The van der Waals surface area contributed by atoms with Crippen LogP contribution in [0, 0.1) is 11.8 Å². The Hall–Kier alpha value is -2.53. The van der Waals surface area contributed by atoms with Gasteiger partial charge in [0.25, 0.3) is 0 Å². The van der Waals surface area contributed by atoms with Gasteiger partial charge in [-0.05, 0) is 48.0 Å². The van der Waals surface area contributed by atoms with Gasteiger partial charge in [0.1, 0.15) is 12.4 Å². The third kappa shape index (κ3) is 3.00. The summed E-state index contributed by atoms with van der Waals surface area (Å²) in [6.07, 6.45) is 0. The van der Waals surface area contributed by atoms with Crippen molar-refractivity contribution in [3.05, 3.63) is 58.0 Å². The first-order valence-corrected chi connectivity index (χ1v) is 7.51. The molecule has 6 heteroatoms. The van der Waals surface area contributed by atoms with Gasteiger partial charge in [0, 0.05) is 10.4 Å². The highest BCUT2D eigenvalue weighted by Gasteiger charge is 2.17.